The summed E-state index contributed by atoms with van der Waals surface area (Å²) in [4.78, 5) is 21.2. The lowest BCUT2D eigenvalue weighted by molar-refractivity contribution is 0.137. The predicted molar refractivity (Wildman–Crippen MR) is 88.2 cm³/mol. The Hall–Kier alpha value is -1.99. The summed E-state index contributed by atoms with van der Waals surface area (Å²) < 4.78 is 5.30. The van der Waals surface area contributed by atoms with Gasteiger partial charge in [0.2, 0.25) is 0 Å². The minimum Gasteiger partial charge on any atom is -0.380 e. The Morgan fingerprint density at radius 1 is 1.32 bits per heavy atom. The van der Waals surface area contributed by atoms with E-state index in [9.17, 15) is 4.79 Å². The summed E-state index contributed by atoms with van der Waals surface area (Å²) in [5.74, 6) is 0. The second-order valence-electron chi connectivity index (χ2n) is 4.66. The first kappa shape index (κ1) is 16.4. The number of hydrogen-bond donors (Lipinski definition) is 2. The third kappa shape index (κ3) is 4.78. The molecule has 2 amide bonds. The summed E-state index contributed by atoms with van der Waals surface area (Å²) in [5, 5.41) is 6.07. The summed E-state index contributed by atoms with van der Waals surface area (Å²) in [6.07, 6.45) is 4.46. The van der Waals surface area contributed by atoms with Gasteiger partial charge in [-0.2, -0.15) is 0 Å². The number of thiazole rings is 1. The molecule has 0 aliphatic rings. The number of aryl methyl sites for hydroxylation is 1. The molecule has 6 nitrogen and oxygen atoms in total. The zero-order valence-corrected chi connectivity index (χ0v) is 13.6. The fourth-order valence-corrected chi connectivity index (χ4v) is 2.81. The first-order valence-electron chi connectivity index (χ1n) is 7.21. The van der Waals surface area contributed by atoms with Crippen molar-refractivity contribution in [2.45, 2.75) is 20.3 Å². The van der Waals surface area contributed by atoms with Gasteiger partial charge in [0.05, 0.1) is 17.2 Å². The SMILES string of the molecule is CCCOCCNC(=O)Nc1nc(C)c(-c2ccncc2)s1. The average Bonchev–Trinajstić information content (AvgIpc) is 2.88. The number of carbonyl (C=O) groups excluding carboxylic acids is 1. The van der Waals surface area contributed by atoms with Crippen LogP contribution in [-0.2, 0) is 4.74 Å². The van der Waals surface area contributed by atoms with Crippen molar-refractivity contribution in [1.82, 2.24) is 15.3 Å². The molecule has 118 valence electrons. The summed E-state index contributed by atoms with van der Waals surface area (Å²) >= 11 is 1.45. The second kappa shape index (κ2) is 8.45. The van der Waals surface area contributed by atoms with E-state index in [1.807, 2.05) is 26.0 Å². The lowest BCUT2D eigenvalue weighted by Gasteiger charge is -2.05. The number of carbonyl (C=O) groups is 1. The van der Waals surface area contributed by atoms with E-state index >= 15 is 0 Å². The number of ether oxygens (including phenoxy) is 1. The highest BCUT2D eigenvalue weighted by Gasteiger charge is 2.11. The van der Waals surface area contributed by atoms with Crippen LogP contribution in [0.3, 0.4) is 0 Å². The molecular formula is C15H20N4O2S. The van der Waals surface area contributed by atoms with E-state index in [1.165, 1.54) is 11.3 Å². The maximum atomic E-state index is 11.8. The molecule has 2 heterocycles. The van der Waals surface area contributed by atoms with E-state index in [2.05, 4.69) is 20.6 Å². The van der Waals surface area contributed by atoms with Crippen LogP contribution >= 0.6 is 11.3 Å². The van der Waals surface area contributed by atoms with Crippen molar-refractivity contribution in [2.75, 3.05) is 25.1 Å². The van der Waals surface area contributed by atoms with Crippen molar-refractivity contribution >= 4 is 22.5 Å². The second-order valence-corrected chi connectivity index (χ2v) is 5.66. The van der Waals surface area contributed by atoms with Gasteiger partial charge in [-0.05, 0) is 31.0 Å². The van der Waals surface area contributed by atoms with Gasteiger partial charge in [-0.25, -0.2) is 9.78 Å². The fraction of sp³-hybridized carbons (Fsp3) is 0.400. The van der Waals surface area contributed by atoms with Gasteiger partial charge >= 0.3 is 6.03 Å². The average molecular weight is 320 g/mol. The number of aromatic nitrogens is 2. The number of amides is 2. The number of nitrogens with one attached hydrogen (secondary N) is 2. The summed E-state index contributed by atoms with van der Waals surface area (Å²) in [6.45, 7) is 5.68. The standard InChI is InChI=1S/C15H20N4O2S/c1-3-9-21-10-8-17-14(20)19-15-18-11(2)13(22-15)12-4-6-16-7-5-12/h4-7H,3,8-10H2,1-2H3,(H2,17,18,19,20). The Bertz CT molecular complexity index is 601. The van der Waals surface area contributed by atoms with Gasteiger partial charge in [0.25, 0.3) is 0 Å². The highest BCUT2D eigenvalue weighted by Crippen LogP contribution is 2.32. The van der Waals surface area contributed by atoms with Crippen LogP contribution in [0.1, 0.15) is 19.0 Å². The van der Waals surface area contributed by atoms with Crippen molar-refractivity contribution < 1.29 is 9.53 Å². The summed E-state index contributed by atoms with van der Waals surface area (Å²) in [5.41, 5.74) is 1.93. The van der Waals surface area contributed by atoms with Crippen molar-refractivity contribution in [2.24, 2.45) is 0 Å². The molecule has 0 aliphatic heterocycles. The van der Waals surface area contributed by atoms with Crippen LogP contribution in [0.4, 0.5) is 9.93 Å². The first-order chi connectivity index (χ1) is 10.7. The zero-order chi connectivity index (χ0) is 15.8. The molecule has 2 aromatic rings. The highest BCUT2D eigenvalue weighted by atomic mass is 32.1. The molecule has 22 heavy (non-hydrogen) atoms. The van der Waals surface area contributed by atoms with E-state index in [0.717, 1.165) is 22.6 Å². The molecule has 0 aromatic carbocycles. The first-order valence-corrected chi connectivity index (χ1v) is 8.02. The van der Waals surface area contributed by atoms with Gasteiger partial charge in [0.1, 0.15) is 0 Å². The number of anilines is 1. The number of nitrogens with zero attached hydrogens (tertiary/aromatic N) is 2. The largest absolute Gasteiger partial charge is 0.380 e. The maximum Gasteiger partial charge on any atom is 0.321 e. The number of rotatable bonds is 7. The minimum absolute atomic E-state index is 0.268. The molecule has 2 N–H and O–H groups in total. The van der Waals surface area contributed by atoms with Crippen LogP contribution in [-0.4, -0.2) is 35.8 Å². The van der Waals surface area contributed by atoms with Crippen molar-refractivity contribution in [3.05, 3.63) is 30.2 Å². The zero-order valence-electron chi connectivity index (χ0n) is 12.8. The summed E-state index contributed by atoms with van der Waals surface area (Å²) in [7, 11) is 0. The quantitative estimate of drug-likeness (QED) is 0.769. The molecule has 0 saturated carbocycles. The lowest BCUT2D eigenvalue weighted by atomic mass is 10.2. The van der Waals surface area contributed by atoms with Gasteiger partial charge in [-0.1, -0.05) is 18.3 Å². The van der Waals surface area contributed by atoms with Crippen molar-refractivity contribution in [1.29, 1.82) is 0 Å². The van der Waals surface area contributed by atoms with Crippen LogP contribution in [0.5, 0.6) is 0 Å². The lowest BCUT2D eigenvalue weighted by Crippen LogP contribution is -2.31. The molecule has 0 bridgehead atoms. The van der Waals surface area contributed by atoms with Crippen molar-refractivity contribution in [3.63, 3.8) is 0 Å². The third-order valence-electron chi connectivity index (χ3n) is 2.84. The Morgan fingerprint density at radius 2 is 2.09 bits per heavy atom. The van der Waals surface area contributed by atoms with Crippen LogP contribution in [0.2, 0.25) is 0 Å². The van der Waals surface area contributed by atoms with Crippen LogP contribution in [0.25, 0.3) is 10.4 Å². The number of hydrogen-bond acceptors (Lipinski definition) is 5. The number of pyridine rings is 1. The van der Waals surface area contributed by atoms with Gasteiger partial charge in [-0.15, -0.1) is 0 Å². The van der Waals surface area contributed by atoms with E-state index < -0.39 is 0 Å². The van der Waals surface area contributed by atoms with E-state index in [1.54, 1.807) is 12.4 Å². The van der Waals surface area contributed by atoms with Gasteiger partial charge in [0.15, 0.2) is 5.13 Å². The topological polar surface area (TPSA) is 76.1 Å². The molecule has 0 spiro atoms. The van der Waals surface area contributed by atoms with Gasteiger partial charge in [0, 0.05) is 25.5 Å². The monoisotopic (exact) mass is 320 g/mol. The molecule has 0 aliphatic carbocycles. The Kier molecular flexibility index (Phi) is 6.29. The Labute approximate surface area is 133 Å². The van der Waals surface area contributed by atoms with E-state index in [4.69, 9.17) is 4.74 Å². The molecule has 0 radical (unpaired) electrons. The van der Waals surface area contributed by atoms with Crippen LogP contribution in [0, 0.1) is 6.92 Å². The van der Waals surface area contributed by atoms with Crippen LogP contribution in [0.15, 0.2) is 24.5 Å². The maximum absolute atomic E-state index is 11.8. The molecule has 0 saturated heterocycles. The molecule has 7 heteroatoms. The minimum atomic E-state index is -0.268. The molecule has 2 rings (SSSR count). The highest BCUT2D eigenvalue weighted by molar-refractivity contribution is 7.19. The molecule has 2 aromatic heterocycles. The normalized spacial score (nSPS) is 10.5. The van der Waals surface area contributed by atoms with Gasteiger partial charge < -0.3 is 10.1 Å². The number of urea groups is 1. The van der Waals surface area contributed by atoms with E-state index in [-0.39, 0.29) is 6.03 Å². The molecule has 0 atom stereocenters. The molecule has 0 unspecified atom stereocenters. The molecular weight excluding hydrogens is 300 g/mol. The Morgan fingerprint density at radius 3 is 2.82 bits per heavy atom. The van der Waals surface area contributed by atoms with Crippen molar-refractivity contribution in [3.8, 4) is 10.4 Å². The summed E-state index contributed by atoms with van der Waals surface area (Å²) in [6, 6.07) is 3.58. The third-order valence-corrected chi connectivity index (χ3v) is 3.96. The molecule has 0 fully saturated rings. The fourth-order valence-electron chi connectivity index (χ4n) is 1.85. The predicted octanol–water partition coefficient (Wildman–Crippen LogP) is 3.06. The van der Waals surface area contributed by atoms with Gasteiger partial charge in [-0.3, -0.25) is 10.3 Å². The van der Waals surface area contributed by atoms with E-state index in [0.29, 0.717) is 24.9 Å². The van der Waals surface area contributed by atoms with Crippen LogP contribution < -0.4 is 10.6 Å². The Balaban J connectivity index is 1.87. The smallest absolute Gasteiger partial charge is 0.321 e.